The fourth-order valence-electron chi connectivity index (χ4n) is 3.70. The molecule has 112 valence electrons. The Bertz CT molecular complexity index is 267. The van der Waals surface area contributed by atoms with Gasteiger partial charge < -0.3 is 10.1 Å². The maximum atomic E-state index is 5.73. The molecule has 0 saturated carbocycles. The fourth-order valence-corrected chi connectivity index (χ4v) is 3.70. The zero-order chi connectivity index (χ0) is 13.8. The minimum atomic E-state index is 0.654. The van der Waals surface area contributed by atoms with Crippen molar-refractivity contribution >= 4 is 0 Å². The molecule has 2 saturated heterocycles. The summed E-state index contributed by atoms with van der Waals surface area (Å²) in [5.41, 5.74) is 0. The number of hydrogen-bond donors (Lipinski definition) is 1. The van der Waals surface area contributed by atoms with Crippen LogP contribution in [0.4, 0.5) is 0 Å². The van der Waals surface area contributed by atoms with Crippen LogP contribution in [0.1, 0.15) is 40.5 Å². The molecule has 2 rings (SSSR count). The second kappa shape index (κ2) is 7.05. The molecule has 0 bridgehead atoms. The standard InChI is InChI=1S/C16H32N2O/c1-12(2)15-11-19-9-6-14(15)16-10-18(13(3)4)8-5-7-17-16/h12-17H,5-11H2,1-4H3. The second-order valence-electron chi connectivity index (χ2n) is 6.94. The lowest BCUT2D eigenvalue weighted by molar-refractivity contribution is -0.0187. The minimum absolute atomic E-state index is 0.654. The number of rotatable bonds is 3. The van der Waals surface area contributed by atoms with Crippen molar-refractivity contribution in [2.45, 2.75) is 52.6 Å². The molecular formula is C16H32N2O. The summed E-state index contributed by atoms with van der Waals surface area (Å²) in [6, 6.07) is 1.32. The Hall–Kier alpha value is -0.120. The van der Waals surface area contributed by atoms with Crippen LogP contribution in [0.25, 0.3) is 0 Å². The maximum absolute atomic E-state index is 5.73. The normalized spacial score (nSPS) is 34.7. The van der Waals surface area contributed by atoms with Crippen LogP contribution in [-0.4, -0.2) is 49.8 Å². The van der Waals surface area contributed by atoms with Gasteiger partial charge in [0.2, 0.25) is 0 Å². The molecule has 2 fully saturated rings. The summed E-state index contributed by atoms with van der Waals surface area (Å²) in [5.74, 6) is 2.23. The van der Waals surface area contributed by atoms with E-state index in [0.717, 1.165) is 31.0 Å². The van der Waals surface area contributed by atoms with Gasteiger partial charge in [0.25, 0.3) is 0 Å². The molecular weight excluding hydrogens is 236 g/mol. The lowest BCUT2D eigenvalue weighted by Crippen LogP contribution is -2.50. The van der Waals surface area contributed by atoms with E-state index >= 15 is 0 Å². The van der Waals surface area contributed by atoms with E-state index in [2.05, 4.69) is 37.9 Å². The van der Waals surface area contributed by atoms with E-state index in [1.807, 2.05) is 0 Å². The summed E-state index contributed by atoms with van der Waals surface area (Å²) in [6.07, 6.45) is 2.51. The Morgan fingerprint density at radius 3 is 2.68 bits per heavy atom. The summed E-state index contributed by atoms with van der Waals surface area (Å²) in [6.45, 7) is 14.9. The van der Waals surface area contributed by atoms with Crippen molar-refractivity contribution in [2.24, 2.45) is 17.8 Å². The highest BCUT2D eigenvalue weighted by Gasteiger charge is 2.35. The van der Waals surface area contributed by atoms with Gasteiger partial charge in [0.15, 0.2) is 0 Å². The van der Waals surface area contributed by atoms with Gasteiger partial charge >= 0.3 is 0 Å². The molecule has 0 aliphatic carbocycles. The molecule has 3 atom stereocenters. The number of hydrogen-bond acceptors (Lipinski definition) is 3. The van der Waals surface area contributed by atoms with Gasteiger partial charge in [-0.2, -0.15) is 0 Å². The van der Waals surface area contributed by atoms with Gasteiger partial charge in [-0.3, -0.25) is 4.90 Å². The van der Waals surface area contributed by atoms with Gasteiger partial charge in [-0.1, -0.05) is 13.8 Å². The van der Waals surface area contributed by atoms with Crippen molar-refractivity contribution < 1.29 is 4.74 Å². The van der Waals surface area contributed by atoms with E-state index in [0.29, 0.717) is 12.1 Å². The van der Waals surface area contributed by atoms with Crippen LogP contribution in [0.3, 0.4) is 0 Å². The van der Waals surface area contributed by atoms with Gasteiger partial charge in [-0.25, -0.2) is 0 Å². The summed E-state index contributed by atoms with van der Waals surface area (Å²) >= 11 is 0. The minimum Gasteiger partial charge on any atom is -0.381 e. The number of ether oxygens (including phenoxy) is 1. The maximum Gasteiger partial charge on any atom is 0.0499 e. The lowest BCUT2D eigenvalue weighted by atomic mass is 9.76. The van der Waals surface area contributed by atoms with Crippen LogP contribution in [0.5, 0.6) is 0 Å². The Balaban J connectivity index is 2.04. The van der Waals surface area contributed by atoms with Crippen molar-refractivity contribution in [1.29, 1.82) is 0 Å². The third-order valence-corrected chi connectivity index (χ3v) is 5.02. The second-order valence-corrected chi connectivity index (χ2v) is 6.94. The van der Waals surface area contributed by atoms with Crippen LogP contribution < -0.4 is 5.32 Å². The third-order valence-electron chi connectivity index (χ3n) is 5.02. The average Bonchev–Trinajstić information content (AvgIpc) is 2.64. The first kappa shape index (κ1) is 15.3. The highest BCUT2D eigenvalue weighted by Crippen LogP contribution is 2.31. The smallest absolute Gasteiger partial charge is 0.0499 e. The van der Waals surface area contributed by atoms with Crippen LogP contribution in [0.2, 0.25) is 0 Å². The molecule has 1 N–H and O–H groups in total. The molecule has 2 heterocycles. The van der Waals surface area contributed by atoms with E-state index in [-0.39, 0.29) is 0 Å². The van der Waals surface area contributed by atoms with Gasteiger partial charge in [0, 0.05) is 31.8 Å². The monoisotopic (exact) mass is 268 g/mol. The SMILES string of the molecule is CC(C)C1COCCC1C1CN(C(C)C)CCCN1. The van der Waals surface area contributed by atoms with E-state index in [1.54, 1.807) is 0 Å². The number of nitrogens with one attached hydrogen (secondary N) is 1. The van der Waals surface area contributed by atoms with Crippen LogP contribution >= 0.6 is 0 Å². The van der Waals surface area contributed by atoms with Crippen molar-refractivity contribution in [2.75, 3.05) is 32.8 Å². The highest BCUT2D eigenvalue weighted by atomic mass is 16.5. The molecule has 2 aliphatic heterocycles. The molecule has 0 aromatic heterocycles. The van der Waals surface area contributed by atoms with Crippen molar-refractivity contribution in [3.05, 3.63) is 0 Å². The summed E-state index contributed by atoms with van der Waals surface area (Å²) in [4.78, 5) is 2.65. The van der Waals surface area contributed by atoms with Crippen LogP contribution in [0, 0.1) is 17.8 Å². The predicted octanol–water partition coefficient (Wildman–Crippen LogP) is 2.37. The van der Waals surface area contributed by atoms with Gasteiger partial charge in [-0.15, -0.1) is 0 Å². The first-order valence-electron chi connectivity index (χ1n) is 8.14. The molecule has 0 radical (unpaired) electrons. The van der Waals surface area contributed by atoms with E-state index < -0.39 is 0 Å². The van der Waals surface area contributed by atoms with E-state index in [4.69, 9.17) is 4.74 Å². The summed E-state index contributed by atoms with van der Waals surface area (Å²) < 4.78 is 5.73. The molecule has 0 spiro atoms. The van der Waals surface area contributed by atoms with Crippen molar-refractivity contribution in [3.63, 3.8) is 0 Å². The zero-order valence-corrected chi connectivity index (χ0v) is 13.2. The van der Waals surface area contributed by atoms with Crippen molar-refractivity contribution in [1.82, 2.24) is 10.2 Å². The molecule has 0 aromatic carbocycles. The Kier molecular flexibility index (Phi) is 5.67. The largest absolute Gasteiger partial charge is 0.381 e. The molecule has 3 unspecified atom stereocenters. The topological polar surface area (TPSA) is 24.5 Å². The third kappa shape index (κ3) is 3.93. The van der Waals surface area contributed by atoms with Crippen LogP contribution in [-0.2, 0) is 4.74 Å². The molecule has 3 nitrogen and oxygen atoms in total. The Morgan fingerprint density at radius 2 is 2.00 bits per heavy atom. The highest BCUT2D eigenvalue weighted by molar-refractivity contribution is 4.89. The van der Waals surface area contributed by atoms with Gasteiger partial charge in [0.1, 0.15) is 0 Å². The Morgan fingerprint density at radius 1 is 1.21 bits per heavy atom. The molecule has 0 aromatic rings. The quantitative estimate of drug-likeness (QED) is 0.850. The van der Waals surface area contributed by atoms with Gasteiger partial charge in [0.05, 0.1) is 0 Å². The van der Waals surface area contributed by atoms with Gasteiger partial charge in [-0.05, 0) is 57.5 Å². The van der Waals surface area contributed by atoms with E-state index in [1.165, 1.54) is 32.5 Å². The summed E-state index contributed by atoms with van der Waals surface area (Å²) in [7, 11) is 0. The lowest BCUT2D eigenvalue weighted by Gasteiger charge is -2.41. The van der Waals surface area contributed by atoms with Crippen molar-refractivity contribution in [3.8, 4) is 0 Å². The van der Waals surface area contributed by atoms with E-state index in [9.17, 15) is 0 Å². The molecule has 3 heteroatoms. The first-order valence-corrected chi connectivity index (χ1v) is 8.14. The molecule has 2 aliphatic rings. The zero-order valence-electron chi connectivity index (χ0n) is 13.2. The average molecular weight is 268 g/mol. The first-order chi connectivity index (χ1) is 9.09. The molecule has 19 heavy (non-hydrogen) atoms. The number of nitrogens with zero attached hydrogens (tertiary/aromatic N) is 1. The van der Waals surface area contributed by atoms with Crippen LogP contribution in [0.15, 0.2) is 0 Å². The predicted molar refractivity (Wildman–Crippen MR) is 80.4 cm³/mol. The molecule has 0 amide bonds. The summed E-state index contributed by atoms with van der Waals surface area (Å²) in [5, 5.41) is 3.82. The Labute approximate surface area is 119 Å². The fraction of sp³-hybridized carbons (Fsp3) is 1.00.